The van der Waals surface area contributed by atoms with Crippen LogP contribution in [0, 0.1) is 6.92 Å². The SMILES string of the molecule is Cc1c(C[C@H](N)C(=O)OCl)c2ccccc2n1Cc1ccc(C(F)(F)F)cc1. The molecule has 3 aromatic rings. The maximum atomic E-state index is 12.8. The van der Waals surface area contributed by atoms with Crippen molar-refractivity contribution in [3.8, 4) is 0 Å². The van der Waals surface area contributed by atoms with Crippen LogP contribution in [0.3, 0.4) is 0 Å². The molecule has 1 aromatic heterocycles. The largest absolute Gasteiger partial charge is 0.416 e. The molecule has 0 saturated heterocycles. The van der Waals surface area contributed by atoms with Crippen LogP contribution in [0.4, 0.5) is 13.2 Å². The normalized spacial score (nSPS) is 12.9. The lowest BCUT2D eigenvalue weighted by atomic mass is 10.0. The van der Waals surface area contributed by atoms with Crippen molar-refractivity contribution in [3.63, 3.8) is 0 Å². The third kappa shape index (κ3) is 4.00. The summed E-state index contributed by atoms with van der Waals surface area (Å²) in [5, 5.41) is 0.921. The first-order valence-electron chi connectivity index (χ1n) is 8.53. The number of hydrogen-bond donors (Lipinski definition) is 1. The Balaban J connectivity index is 1.98. The summed E-state index contributed by atoms with van der Waals surface area (Å²) in [6, 6.07) is 11.7. The molecule has 0 aliphatic heterocycles. The molecule has 0 radical (unpaired) electrons. The molecule has 0 saturated carbocycles. The van der Waals surface area contributed by atoms with Crippen LogP contribution in [0.15, 0.2) is 48.5 Å². The van der Waals surface area contributed by atoms with Gasteiger partial charge in [-0.3, -0.25) is 0 Å². The Morgan fingerprint density at radius 2 is 1.82 bits per heavy atom. The molecule has 0 bridgehead atoms. The Morgan fingerprint density at radius 1 is 1.18 bits per heavy atom. The van der Waals surface area contributed by atoms with Crippen molar-refractivity contribution in [3.05, 3.63) is 70.9 Å². The molecule has 148 valence electrons. The monoisotopic (exact) mass is 410 g/mol. The Labute approximate surface area is 164 Å². The first-order chi connectivity index (χ1) is 13.2. The topological polar surface area (TPSA) is 57.3 Å². The molecule has 1 heterocycles. The zero-order valence-electron chi connectivity index (χ0n) is 15.0. The van der Waals surface area contributed by atoms with Crippen LogP contribution in [0.1, 0.15) is 22.4 Å². The Morgan fingerprint density at radius 3 is 2.43 bits per heavy atom. The van der Waals surface area contributed by atoms with Crippen molar-refractivity contribution in [1.29, 1.82) is 0 Å². The highest BCUT2D eigenvalue weighted by Crippen LogP contribution is 2.31. The van der Waals surface area contributed by atoms with Gasteiger partial charge < -0.3 is 14.6 Å². The van der Waals surface area contributed by atoms with Gasteiger partial charge in [-0.1, -0.05) is 30.3 Å². The average molecular weight is 411 g/mol. The summed E-state index contributed by atoms with van der Waals surface area (Å²) in [4.78, 5) is 11.6. The van der Waals surface area contributed by atoms with E-state index in [1.807, 2.05) is 35.8 Å². The zero-order chi connectivity index (χ0) is 20.5. The number of carbonyl (C=O) groups excluding carboxylic acids is 1. The summed E-state index contributed by atoms with van der Waals surface area (Å²) < 4.78 is 44.5. The first-order valence-corrected chi connectivity index (χ1v) is 8.84. The van der Waals surface area contributed by atoms with Gasteiger partial charge in [-0.25, -0.2) is 4.79 Å². The predicted molar refractivity (Wildman–Crippen MR) is 101 cm³/mol. The van der Waals surface area contributed by atoms with Gasteiger partial charge in [0.25, 0.3) is 0 Å². The number of fused-ring (bicyclic) bond motifs is 1. The van der Waals surface area contributed by atoms with E-state index in [2.05, 4.69) is 4.29 Å². The zero-order valence-corrected chi connectivity index (χ0v) is 15.7. The van der Waals surface area contributed by atoms with E-state index in [4.69, 9.17) is 17.6 Å². The van der Waals surface area contributed by atoms with Crippen LogP contribution in [-0.2, 0) is 28.2 Å². The van der Waals surface area contributed by atoms with Gasteiger partial charge in [-0.15, -0.1) is 0 Å². The summed E-state index contributed by atoms with van der Waals surface area (Å²) >= 11 is 5.11. The molecule has 0 unspecified atom stereocenters. The molecule has 2 aromatic carbocycles. The van der Waals surface area contributed by atoms with Crippen molar-refractivity contribution >= 4 is 28.7 Å². The fourth-order valence-electron chi connectivity index (χ4n) is 3.31. The third-order valence-corrected chi connectivity index (χ3v) is 4.94. The molecule has 4 nitrogen and oxygen atoms in total. The number of aromatic nitrogens is 1. The van der Waals surface area contributed by atoms with Gasteiger partial charge in [0.1, 0.15) is 17.9 Å². The molecule has 0 fully saturated rings. The number of carbonyl (C=O) groups is 1. The molecule has 0 aliphatic rings. The van der Waals surface area contributed by atoms with Crippen molar-refractivity contribution in [2.24, 2.45) is 5.73 Å². The molecule has 1 atom stereocenters. The van der Waals surface area contributed by atoms with E-state index in [1.165, 1.54) is 12.1 Å². The van der Waals surface area contributed by atoms with Crippen molar-refractivity contribution < 1.29 is 22.3 Å². The van der Waals surface area contributed by atoms with Gasteiger partial charge in [0.05, 0.1) is 5.56 Å². The molecular formula is C20H18ClF3N2O2. The Bertz CT molecular complexity index is 997. The standard InChI is InChI=1S/C20H18ClF3N2O2/c1-12-16(10-17(25)19(27)28-21)15-4-2-3-5-18(15)26(12)11-13-6-8-14(9-7-13)20(22,23)24/h2-9,17H,10-11,25H2,1H3/t17-/m0/s1. The Hall–Kier alpha value is -2.51. The Kier molecular flexibility index (Phi) is 5.67. The molecule has 8 heteroatoms. The van der Waals surface area contributed by atoms with Crippen LogP contribution in [0.25, 0.3) is 10.9 Å². The number of rotatable bonds is 5. The van der Waals surface area contributed by atoms with Crippen LogP contribution < -0.4 is 5.73 Å². The predicted octanol–water partition coefficient (Wildman–Crippen LogP) is 4.58. The lowest BCUT2D eigenvalue weighted by molar-refractivity contribution is -0.137. The highest BCUT2D eigenvalue weighted by Gasteiger charge is 2.30. The molecule has 0 aliphatic carbocycles. The third-order valence-electron chi connectivity index (χ3n) is 4.79. The number of nitrogens with zero attached hydrogens (tertiary/aromatic N) is 1. The first kappa shape index (κ1) is 20.2. The van der Waals surface area contributed by atoms with Crippen LogP contribution in [0.2, 0.25) is 0 Å². The van der Waals surface area contributed by atoms with E-state index in [0.29, 0.717) is 6.54 Å². The van der Waals surface area contributed by atoms with Gasteiger partial charge in [0.15, 0.2) is 0 Å². The maximum absolute atomic E-state index is 12.8. The van der Waals surface area contributed by atoms with Crippen LogP contribution in [-0.4, -0.2) is 16.6 Å². The van der Waals surface area contributed by atoms with Crippen molar-refractivity contribution in [1.82, 2.24) is 4.57 Å². The van der Waals surface area contributed by atoms with Crippen molar-refractivity contribution in [2.75, 3.05) is 0 Å². The summed E-state index contributed by atoms with van der Waals surface area (Å²) in [5.74, 6) is -0.722. The van der Waals surface area contributed by atoms with E-state index >= 15 is 0 Å². The molecule has 0 amide bonds. The van der Waals surface area contributed by atoms with E-state index in [9.17, 15) is 18.0 Å². The second-order valence-electron chi connectivity index (χ2n) is 6.57. The van der Waals surface area contributed by atoms with E-state index < -0.39 is 23.8 Å². The average Bonchev–Trinajstić information content (AvgIpc) is 2.93. The minimum absolute atomic E-state index is 0.234. The molecule has 0 spiro atoms. The fraction of sp³-hybridized carbons (Fsp3) is 0.250. The number of hydrogen-bond acceptors (Lipinski definition) is 3. The molecule has 28 heavy (non-hydrogen) atoms. The van der Waals surface area contributed by atoms with E-state index in [-0.39, 0.29) is 6.42 Å². The lowest BCUT2D eigenvalue weighted by Crippen LogP contribution is -2.33. The summed E-state index contributed by atoms with van der Waals surface area (Å²) in [6.45, 7) is 2.28. The number of halogens is 4. The minimum atomic E-state index is -4.37. The highest BCUT2D eigenvalue weighted by atomic mass is 35.5. The van der Waals surface area contributed by atoms with Gasteiger partial charge >= 0.3 is 12.1 Å². The van der Waals surface area contributed by atoms with E-state index in [1.54, 1.807) is 0 Å². The summed E-state index contributed by atoms with van der Waals surface area (Å²) in [5.41, 5.74) is 8.56. The number of nitrogens with two attached hydrogens (primary N) is 1. The number of alkyl halides is 3. The second kappa shape index (κ2) is 7.85. The number of benzene rings is 2. The van der Waals surface area contributed by atoms with Gasteiger partial charge in [0, 0.05) is 29.6 Å². The molecule has 2 N–H and O–H groups in total. The van der Waals surface area contributed by atoms with Gasteiger partial charge in [-0.2, -0.15) is 13.2 Å². The summed E-state index contributed by atoms with van der Waals surface area (Å²) in [6.07, 6.45) is -4.13. The summed E-state index contributed by atoms with van der Waals surface area (Å²) in [7, 11) is 0. The minimum Gasteiger partial charge on any atom is -0.346 e. The lowest BCUT2D eigenvalue weighted by Gasteiger charge is -2.12. The quantitative estimate of drug-likeness (QED) is 0.669. The molecule has 3 rings (SSSR count). The smallest absolute Gasteiger partial charge is 0.346 e. The van der Waals surface area contributed by atoms with Crippen molar-refractivity contribution in [2.45, 2.75) is 32.1 Å². The van der Waals surface area contributed by atoms with Gasteiger partial charge in [-0.05, 0) is 36.2 Å². The van der Waals surface area contributed by atoms with Crippen LogP contribution in [0.5, 0.6) is 0 Å². The second-order valence-corrected chi connectivity index (χ2v) is 6.72. The van der Waals surface area contributed by atoms with Gasteiger partial charge in [0.2, 0.25) is 0 Å². The van der Waals surface area contributed by atoms with Crippen LogP contribution >= 0.6 is 11.9 Å². The molecular weight excluding hydrogens is 393 g/mol. The number of para-hydroxylation sites is 1. The highest BCUT2D eigenvalue weighted by molar-refractivity contribution is 6.13. The fourth-order valence-corrected chi connectivity index (χ4v) is 3.42. The maximum Gasteiger partial charge on any atom is 0.416 e. The van der Waals surface area contributed by atoms with E-state index in [0.717, 1.165) is 39.9 Å².